The molecule has 0 aliphatic carbocycles. The second-order valence-electron chi connectivity index (χ2n) is 4.65. The number of carbonyl (C=O) groups is 1. The summed E-state index contributed by atoms with van der Waals surface area (Å²) < 4.78 is 10.5. The minimum Gasteiger partial charge on any atom is -0.454 e. The molecule has 0 unspecified atom stereocenters. The van der Waals surface area contributed by atoms with Crippen LogP contribution in [0.5, 0.6) is 11.5 Å². The first-order valence-electron chi connectivity index (χ1n) is 6.77. The molecule has 0 saturated carbocycles. The monoisotopic (exact) mass is 297 g/mol. The fourth-order valence-electron chi connectivity index (χ4n) is 2.03. The Morgan fingerprint density at radius 3 is 2.95 bits per heavy atom. The molecule has 6 nitrogen and oxygen atoms in total. The van der Waals surface area contributed by atoms with Gasteiger partial charge in [0.25, 0.3) is 5.91 Å². The molecule has 2 aromatic rings. The Labute approximate surface area is 127 Å². The van der Waals surface area contributed by atoms with Crippen LogP contribution in [0.2, 0.25) is 0 Å². The molecule has 1 amide bonds. The van der Waals surface area contributed by atoms with Gasteiger partial charge >= 0.3 is 0 Å². The Morgan fingerprint density at radius 1 is 1.23 bits per heavy atom. The number of fused-ring (bicyclic) bond motifs is 1. The first-order valence-corrected chi connectivity index (χ1v) is 6.77. The first-order chi connectivity index (χ1) is 10.8. The van der Waals surface area contributed by atoms with Crippen molar-refractivity contribution < 1.29 is 14.3 Å². The van der Waals surface area contributed by atoms with Crippen LogP contribution in [-0.2, 0) is 0 Å². The summed E-state index contributed by atoms with van der Waals surface area (Å²) in [6.07, 6.45) is 4.90. The summed E-state index contributed by atoms with van der Waals surface area (Å²) >= 11 is 0. The number of hydrogen-bond donors (Lipinski definition) is 2. The number of aromatic nitrogens is 1. The number of hydrogen-bond acceptors (Lipinski definition) is 5. The van der Waals surface area contributed by atoms with Gasteiger partial charge in [-0.05, 0) is 18.2 Å². The molecule has 0 spiro atoms. The maximum absolute atomic E-state index is 12.3. The summed E-state index contributed by atoms with van der Waals surface area (Å²) in [6, 6.07) is 6.99. The number of rotatable bonds is 5. The molecule has 0 fully saturated rings. The summed E-state index contributed by atoms with van der Waals surface area (Å²) in [5.74, 6) is 1.06. The highest BCUT2D eigenvalue weighted by Gasteiger charge is 2.14. The van der Waals surface area contributed by atoms with Crippen molar-refractivity contribution in [2.24, 2.45) is 0 Å². The summed E-state index contributed by atoms with van der Waals surface area (Å²) in [6.45, 7) is 4.44. The van der Waals surface area contributed by atoms with E-state index in [0.29, 0.717) is 29.3 Å². The Morgan fingerprint density at radius 2 is 2.09 bits per heavy atom. The smallest absolute Gasteiger partial charge is 0.257 e. The van der Waals surface area contributed by atoms with Gasteiger partial charge in [-0.1, -0.05) is 6.08 Å². The van der Waals surface area contributed by atoms with Gasteiger partial charge in [0.15, 0.2) is 11.5 Å². The van der Waals surface area contributed by atoms with E-state index in [0.717, 1.165) is 5.69 Å². The highest BCUT2D eigenvalue weighted by Crippen LogP contribution is 2.34. The highest BCUT2D eigenvalue weighted by molar-refractivity contribution is 6.04. The molecule has 0 atom stereocenters. The van der Waals surface area contributed by atoms with Crippen molar-refractivity contribution in [3.8, 4) is 11.5 Å². The zero-order chi connectivity index (χ0) is 15.4. The molecule has 1 aliphatic rings. The third-order valence-electron chi connectivity index (χ3n) is 3.08. The standard InChI is InChI=1S/C16H15N3O3/c1-2-5-18-13-6-11(8-17-9-13)16(20)19-12-3-4-14-15(7-12)22-10-21-14/h2-4,6-9,18H,1,5,10H2,(H,19,20). The average molecular weight is 297 g/mol. The van der Waals surface area contributed by atoms with Crippen LogP contribution < -0.4 is 20.1 Å². The second kappa shape index (κ2) is 6.17. The van der Waals surface area contributed by atoms with Crippen molar-refractivity contribution in [1.29, 1.82) is 0 Å². The van der Waals surface area contributed by atoms with E-state index in [2.05, 4.69) is 22.2 Å². The molecule has 1 aromatic heterocycles. The Hall–Kier alpha value is -3.02. The number of amides is 1. The van der Waals surface area contributed by atoms with Gasteiger partial charge in [-0.15, -0.1) is 6.58 Å². The van der Waals surface area contributed by atoms with Gasteiger partial charge in [-0.3, -0.25) is 9.78 Å². The van der Waals surface area contributed by atoms with Gasteiger partial charge in [0.05, 0.1) is 11.3 Å². The number of nitrogens with zero attached hydrogens (tertiary/aromatic N) is 1. The van der Waals surface area contributed by atoms with E-state index in [1.165, 1.54) is 6.20 Å². The normalized spacial score (nSPS) is 11.8. The maximum Gasteiger partial charge on any atom is 0.257 e. The number of ether oxygens (including phenoxy) is 2. The summed E-state index contributed by atoms with van der Waals surface area (Å²) in [5.41, 5.74) is 1.86. The van der Waals surface area contributed by atoms with Crippen molar-refractivity contribution in [3.05, 3.63) is 54.9 Å². The van der Waals surface area contributed by atoms with Crippen molar-refractivity contribution in [2.75, 3.05) is 24.0 Å². The Balaban J connectivity index is 1.72. The molecular weight excluding hydrogens is 282 g/mol. The third kappa shape index (κ3) is 3.01. The van der Waals surface area contributed by atoms with E-state index in [9.17, 15) is 4.79 Å². The van der Waals surface area contributed by atoms with Gasteiger partial charge in [0.1, 0.15) is 0 Å². The molecule has 0 radical (unpaired) electrons. The summed E-state index contributed by atoms with van der Waals surface area (Å²) in [5, 5.41) is 5.90. The molecule has 1 aromatic carbocycles. The number of benzene rings is 1. The highest BCUT2D eigenvalue weighted by atomic mass is 16.7. The molecule has 0 bridgehead atoms. The lowest BCUT2D eigenvalue weighted by atomic mass is 10.2. The van der Waals surface area contributed by atoms with Crippen molar-refractivity contribution >= 4 is 17.3 Å². The zero-order valence-electron chi connectivity index (χ0n) is 11.8. The predicted octanol–water partition coefficient (Wildman–Crippen LogP) is 2.66. The SMILES string of the molecule is C=CCNc1cncc(C(=O)Nc2ccc3c(c2)OCO3)c1. The molecule has 2 heterocycles. The minimum atomic E-state index is -0.242. The Kier molecular flexibility index (Phi) is 3.91. The van der Waals surface area contributed by atoms with Crippen molar-refractivity contribution in [2.45, 2.75) is 0 Å². The molecule has 1 aliphatic heterocycles. The van der Waals surface area contributed by atoms with E-state index in [-0.39, 0.29) is 12.7 Å². The molecule has 22 heavy (non-hydrogen) atoms. The lowest BCUT2D eigenvalue weighted by molar-refractivity contribution is 0.102. The second-order valence-corrected chi connectivity index (χ2v) is 4.65. The van der Waals surface area contributed by atoms with Gasteiger partial charge in [0, 0.05) is 30.7 Å². The van der Waals surface area contributed by atoms with Crippen LogP contribution in [0.3, 0.4) is 0 Å². The third-order valence-corrected chi connectivity index (χ3v) is 3.08. The van der Waals surface area contributed by atoms with Crippen molar-refractivity contribution in [3.63, 3.8) is 0 Å². The molecule has 0 saturated heterocycles. The Bertz CT molecular complexity index is 716. The largest absolute Gasteiger partial charge is 0.454 e. The van der Waals surface area contributed by atoms with E-state index in [1.807, 2.05) is 0 Å². The van der Waals surface area contributed by atoms with Crippen LogP contribution in [0.1, 0.15) is 10.4 Å². The van der Waals surface area contributed by atoms with Crippen LogP contribution >= 0.6 is 0 Å². The van der Waals surface area contributed by atoms with Crippen LogP contribution in [0.4, 0.5) is 11.4 Å². The lowest BCUT2D eigenvalue weighted by Crippen LogP contribution is -2.12. The fourth-order valence-corrected chi connectivity index (χ4v) is 2.03. The molecule has 6 heteroatoms. The topological polar surface area (TPSA) is 72.5 Å². The van der Waals surface area contributed by atoms with Gasteiger partial charge < -0.3 is 20.1 Å². The number of carbonyl (C=O) groups excluding carboxylic acids is 1. The lowest BCUT2D eigenvalue weighted by Gasteiger charge is -2.08. The molecule has 112 valence electrons. The van der Waals surface area contributed by atoms with E-state index in [1.54, 1.807) is 36.5 Å². The summed E-state index contributed by atoms with van der Waals surface area (Å²) in [4.78, 5) is 16.3. The number of pyridine rings is 1. The predicted molar refractivity (Wildman–Crippen MR) is 83.4 cm³/mol. The van der Waals surface area contributed by atoms with Crippen LogP contribution in [-0.4, -0.2) is 24.2 Å². The molecule has 2 N–H and O–H groups in total. The van der Waals surface area contributed by atoms with Gasteiger partial charge in [0.2, 0.25) is 6.79 Å². The van der Waals surface area contributed by atoms with Crippen molar-refractivity contribution in [1.82, 2.24) is 4.98 Å². The first kappa shape index (κ1) is 13.9. The van der Waals surface area contributed by atoms with E-state index >= 15 is 0 Å². The van der Waals surface area contributed by atoms with Crippen LogP contribution in [0, 0.1) is 0 Å². The summed E-state index contributed by atoms with van der Waals surface area (Å²) in [7, 11) is 0. The average Bonchev–Trinajstić information content (AvgIpc) is 3.01. The van der Waals surface area contributed by atoms with E-state index in [4.69, 9.17) is 9.47 Å². The quantitative estimate of drug-likeness (QED) is 0.830. The number of nitrogens with one attached hydrogen (secondary N) is 2. The minimum absolute atomic E-state index is 0.202. The van der Waals surface area contributed by atoms with Gasteiger partial charge in [-0.25, -0.2) is 0 Å². The molecule has 3 rings (SSSR count). The fraction of sp³-hybridized carbons (Fsp3) is 0.125. The van der Waals surface area contributed by atoms with Gasteiger partial charge in [-0.2, -0.15) is 0 Å². The number of anilines is 2. The maximum atomic E-state index is 12.3. The van der Waals surface area contributed by atoms with E-state index < -0.39 is 0 Å². The molecular formula is C16H15N3O3. The zero-order valence-corrected chi connectivity index (χ0v) is 11.8. The van der Waals surface area contributed by atoms with Crippen LogP contribution in [0.25, 0.3) is 0 Å². The van der Waals surface area contributed by atoms with Crippen LogP contribution in [0.15, 0.2) is 49.3 Å².